The SMILES string of the molecule is CN=C(NC1(C=O)CCNCC1)C1CCCC1. The van der Waals surface area contributed by atoms with Crippen molar-refractivity contribution >= 4 is 12.1 Å². The van der Waals surface area contributed by atoms with Gasteiger partial charge in [0.25, 0.3) is 0 Å². The molecule has 0 atom stereocenters. The van der Waals surface area contributed by atoms with Crippen LogP contribution in [0.3, 0.4) is 0 Å². The van der Waals surface area contributed by atoms with E-state index in [1.807, 2.05) is 7.05 Å². The first-order chi connectivity index (χ1) is 8.29. The third-order valence-electron chi connectivity index (χ3n) is 4.08. The number of piperidine rings is 1. The molecule has 2 aliphatic rings. The minimum atomic E-state index is -0.372. The number of nitrogens with zero attached hydrogens (tertiary/aromatic N) is 1. The first-order valence-corrected chi connectivity index (χ1v) is 6.71. The molecule has 4 nitrogen and oxygen atoms in total. The number of carbonyl (C=O) groups is 1. The second kappa shape index (κ2) is 5.63. The van der Waals surface area contributed by atoms with Gasteiger partial charge in [-0.1, -0.05) is 12.8 Å². The van der Waals surface area contributed by atoms with Crippen LogP contribution in [-0.4, -0.2) is 37.8 Å². The fourth-order valence-electron chi connectivity index (χ4n) is 2.94. The Hall–Kier alpha value is -0.900. The van der Waals surface area contributed by atoms with Crippen LogP contribution in [0, 0.1) is 5.92 Å². The highest BCUT2D eigenvalue weighted by molar-refractivity contribution is 5.88. The number of aliphatic imine (C=N–C) groups is 1. The van der Waals surface area contributed by atoms with Gasteiger partial charge in [-0.2, -0.15) is 0 Å². The summed E-state index contributed by atoms with van der Waals surface area (Å²) in [5.41, 5.74) is -0.372. The van der Waals surface area contributed by atoms with Crippen molar-refractivity contribution in [3.63, 3.8) is 0 Å². The predicted octanol–water partition coefficient (Wildman–Crippen LogP) is 1.12. The van der Waals surface area contributed by atoms with Gasteiger partial charge >= 0.3 is 0 Å². The maximum absolute atomic E-state index is 11.4. The Morgan fingerprint density at radius 3 is 2.53 bits per heavy atom. The Morgan fingerprint density at radius 2 is 2.00 bits per heavy atom. The maximum Gasteiger partial charge on any atom is 0.145 e. The van der Waals surface area contributed by atoms with E-state index < -0.39 is 0 Å². The van der Waals surface area contributed by atoms with Crippen LogP contribution >= 0.6 is 0 Å². The third-order valence-corrected chi connectivity index (χ3v) is 4.08. The quantitative estimate of drug-likeness (QED) is 0.439. The molecule has 17 heavy (non-hydrogen) atoms. The molecule has 0 radical (unpaired) electrons. The van der Waals surface area contributed by atoms with Gasteiger partial charge in [-0.3, -0.25) is 4.99 Å². The van der Waals surface area contributed by atoms with E-state index in [-0.39, 0.29) is 5.54 Å². The highest BCUT2D eigenvalue weighted by Gasteiger charge is 2.34. The summed E-state index contributed by atoms with van der Waals surface area (Å²) < 4.78 is 0. The summed E-state index contributed by atoms with van der Waals surface area (Å²) in [4.78, 5) is 15.8. The normalized spacial score (nSPS) is 25.8. The molecule has 1 aliphatic heterocycles. The number of hydrogen-bond acceptors (Lipinski definition) is 3. The molecule has 2 N–H and O–H groups in total. The molecular weight excluding hydrogens is 214 g/mol. The van der Waals surface area contributed by atoms with Gasteiger partial charge in [0.1, 0.15) is 6.29 Å². The van der Waals surface area contributed by atoms with Crippen molar-refractivity contribution in [2.75, 3.05) is 20.1 Å². The lowest BCUT2D eigenvalue weighted by Gasteiger charge is -2.35. The second-order valence-electron chi connectivity index (χ2n) is 5.24. The van der Waals surface area contributed by atoms with E-state index in [2.05, 4.69) is 15.6 Å². The van der Waals surface area contributed by atoms with Crippen molar-refractivity contribution in [3.05, 3.63) is 0 Å². The monoisotopic (exact) mass is 237 g/mol. The number of amidine groups is 1. The van der Waals surface area contributed by atoms with Gasteiger partial charge in [0.15, 0.2) is 0 Å². The average Bonchev–Trinajstić information content (AvgIpc) is 2.91. The van der Waals surface area contributed by atoms with E-state index in [4.69, 9.17) is 0 Å². The minimum absolute atomic E-state index is 0.372. The summed E-state index contributed by atoms with van der Waals surface area (Å²) in [6.07, 6.45) is 7.83. The van der Waals surface area contributed by atoms with E-state index in [0.29, 0.717) is 5.92 Å². The Bertz CT molecular complexity index is 289. The molecule has 2 fully saturated rings. The first kappa shape index (κ1) is 12.6. The van der Waals surface area contributed by atoms with Gasteiger partial charge < -0.3 is 15.4 Å². The maximum atomic E-state index is 11.4. The molecule has 96 valence electrons. The van der Waals surface area contributed by atoms with Crippen molar-refractivity contribution < 1.29 is 4.79 Å². The van der Waals surface area contributed by atoms with E-state index in [0.717, 1.165) is 38.1 Å². The predicted molar refractivity (Wildman–Crippen MR) is 69.4 cm³/mol. The van der Waals surface area contributed by atoms with E-state index in [9.17, 15) is 4.79 Å². The van der Waals surface area contributed by atoms with Gasteiger partial charge in [-0.25, -0.2) is 0 Å². The lowest BCUT2D eigenvalue weighted by atomic mass is 9.89. The Balaban J connectivity index is 2.02. The molecule has 0 unspecified atom stereocenters. The lowest BCUT2D eigenvalue weighted by molar-refractivity contribution is -0.113. The van der Waals surface area contributed by atoms with Gasteiger partial charge in [0.05, 0.1) is 11.4 Å². The molecule has 0 aromatic carbocycles. The number of nitrogens with one attached hydrogen (secondary N) is 2. The zero-order chi connectivity index (χ0) is 12.1. The largest absolute Gasteiger partial charge is 0.361 e. The molecule has 4 heteroatoms. The van der Waals surface area contributed by atoms with E-state index in [1.54, 1.807) is 0 Å². The first-order valence-electron chi connectivity index (χ1n) is 6.71. The van der Waals surface area contributed by atoms with Crippen molar-refractivity contribution in [2.45, 2.75) is 44.1 Å². The van der Waals surface area contributed by atoms with Crippen LogP contribution in [-0.2, 0) is 4.79 Å². The van der Waals surface area contributed by atoms with Crippen LogP contribution < -0.4 is 10.6 Å². The van der Waals surface area contributed by atoms with Crippen LogP contribution in [0.15, 0.2) is 4.99 Å². The fourth-order valence-corrected chi connectivity index (χ4v) is 2.94. The van der Waals surface area contributed by atoms with Crippen molar-refractivity contribution in [2.24, 2.45) is 10.9 Å². The third kappa shape index (κ3) is 2.86. The van der Waals surface area contributed by atoms with Gasteiger partial charge in [0, 0.05) is 13.0 Å². The Morgan fingerprint density at radius 1 is 1.35 bits per heavy atom. The molecule has 2 rings (SSSR count). The van der Waals surface area contributed by atoms with Crippen LogP contribution in [0.4, 0.5) is 0 Å². The fraction of sp³-hybridized carbons (Fsp3) is 0.846. The molecule has 1 heterocycles. The molecule has 1 saturated carbocycles. The summed E-state index contributed by atoms with van der Waals surface area (Å²) in [6, 6.07) is 0. The molecule has 1 saturated heterocycles. The van der Waals surface area contributed by atoms with Crippen LogP contribution in [0.25, 0.3) is 0 Å². The highest BCUT2D eigenvalue weighted by atomic mass is 16.1. The van der Waals surface area contributed by atoms with Gasteiger partial charge in [0.2, 0.25) is 0 Å². The zero-order valence-electron chi connectivity index (χ0n) is 10.7. The van der Waals surface area contributed by atoms with Gasteiger partial charge in [-0.05, 0) is 38.8 Å². The average molecular weight is 237 g/mol. The van der Waals surface area contributed by atoms with Crippen LogP contribution in [0.5, 0.6) is 0 Å². The van der Waals surface area contributed by atoms with Crippen molar-refractivity contribution in [3.8, 4) is 0 Å². The summed E-state index contributed by atoms with van der Waals surface area (Å²) in [5, 5.41) is 6.75. The molecule has 0 aromatic rings. The number of hydrogen-bond donors (Lipinski definition) is 2. The minimum Gasteiger partial charge on any atom is -0.361 e. The van der Waals surface area contributed by atoms with Crippen LogP contribution in [0.1, 0.15) is 38.5 Å². The topological polar surface area (TPSA) is 53.5 Å². The van der Waals surface area contributed by atoms with E-state index in [1.165, 1.54) is 25.7 Å². The molecule has 0 bridgehead atoms. The number of aldehydes is 1. The van der Waals surface area contributed by atoms with E-state index >= 15 is 0 Å². The smallest absolute Gasteiger partial charge is 0.145 e. The molecule has 0 spiro atoms. The van der Waals surface area contributed by atoms with Crippen LogP contribution in [0.2, 0.25) is 0 Å². The zero-order valence-corrected chi connectivity index (χ0v) is 10.7. The summed E-state index contributed by atoms with van der Waals surface area (Å²) in [5.74, 6) is 1.60. The molecule has 1 aliphatic carbocycles. The summed E-state index contributed by atoms with van der Waals surface area (Å²) in [6.45, 7) is 1.82. The highest BCUT2D eigenvalue weighted by Crippen LogP contribution is 2.27. The van der Waals surface area contributed by atoms with Gasteiger partial charge in [-0.15, -0.1) is 0 Å². The standard InChI is InChI=1S/C13H23N3O/c1-14-12(11-4-2-3-5-11)16-13(10-17)6-8-15-9-7-13/h10-11,15H,2-9H2,1H3,(H,14,16). The Kier molecular flexibility index (Phi) is 4.15. The Labute approximate surface area is 103 Å². The summed E-state index contributed by atoms with van der Waals surface area (Å²) in [7, 11) is 1.83. The number of rotatable bonds is 3. The molecular formula is C13H23N3O. The second-order valence-corrected chi connectivity index (χ2v) is 5.24. The lowest BCUT2D eigenvalue weighted by Crippen LogP contribution is -2.56. The summed E-state index contributed by atoms with van der Waals surface area (Å²) >= 11 is 0. The van der Waals surface area contributed by atoms with Crippen molar-refractivity contribution in [1.82, 2.24) is 10.6 Å². The van der Waals surface area contributed by atoms with Crippen molar-refractivity contribution in [1.29, 1.82) is 0 Å². The molecule has 0 amide bonds. The molecule has 0 aromatic heterocycles. The number of carbonyl (C=O) groups excluding carboxylic acids is 1.